The summed E-state index contributed by atoms with van der Waals surface area (Å²) in [6, 6.07) is 5.36. The molecule has 17 heavy (non-hydrogen) atoms. The third-order valence-electron chi connectivity index (χ3n) is 2.63. The molecule has 1 atom stereocenters. The van der Waals surface area contributed by atoms with Crippen molar-refractivity contribution in [3.63, 3.8) is 0 Å². The van der Waals surface area contributed by atoms with Crippen LogP contribution in [-0.2, 0) is 0 Å². The zero-order chi connectivity index (χ0) is 12.3. The van der Waals surface area contributed by atoms with Crippen molar-refractivity contribution in [2.45, 2.75) is 25.8 Å². The van der Waals surface area contributed by atoms with E-state index in [0.29, 0.717) is 11.7 Å². The van der Waals surface area contributed by atoms with E-state index in [-0.39, 0.29) is 5.82 Å². The second-order valence-corrected chi connectivity index (χ2v) is 5.88. The van der Waals surface area contributed by atoms with Gasteiger partial charge in [-0.25, -0.2) is 4.39 Å². The molecule has 1 N–H and O–H groups in total. The zero-order valence-electron chi connectivity index (χ0n) is 9.54. The number of nitrogens with zero attached hydrogens (tertiary/aromatic N) is 1. The van der Waals surface area contributed by atoms with E-state index in [0.717, 1.165) is 28.2 Å². The van der Waals surface area contributed by atoms with Crippen molar-refractivity contribution in [2.75, 3.05) is 11.1 Å². The Labute approximate surface area is 113 Å². The Morgan fingerprint density at radius 2 is 2.41 bits per heavy atom. The summed E-state index contributed by atoms with van der Waals surface area (Å²) in [5.41, 5.74) is 0.483. The van der Waals surface area contributed by atoms with Crippen molar-refractivity contribution in [1.29, 1.82) is 0 Å². The maximum atomic E-state index is 13.6. The molecular formula is C12H14BrFN2S. The Morgan fingerprint density at radius 1 is 1.59 bits per heavy atom. The Kier molecular flexibility index (Phi) is 4.45. The number of nitrogens with one attached hydrogen (secondary N) is 1. The molecule has 0 saturated heterocycles. The highest BCUT2D eigenvalue weighted by atomic mass is 79.9. The first-order chi connectivity index (χ1) is 8.19. The van der Waals surface area contributed by atoms with Crippen LogP contribution in [0.3, 0.4) is 0 Å². The number of benzene rings is 1. The lowest BCUT2D eigenvalue weighted by Crippen LogP contribution is -2.20. The fourth-order valence-electron chi connectivity index (χ4n) is 1.63. The van der Waals surface area contributed by atoms with Crippen molar-refractivity contribution < 1.29 is 4.39 Å². The number of hydrogen-bond donors (Lipinski definition) is 1. The molecule has 1 unspecified atom stereocenters. The molecule has 0 radical (unpaired) electrons. The van der Waals surface area contributed by atoms with Gasteiger partial charge >= 0.3 is 0 Å². The lowest BCUT2D eigenvalue weighted by molar-refractivity contribution is 0.628. The van der Waals surface area contributed by atoms with Gasteiger partial charge in [-0.1, -0.05) is 34.6 Å². The van der Waals surface area contributed by atoms with Crippen LogP contribution in [0, 0.1) is 5.82 Å². The summed E-state index contributed by atoms with van der Waals surface area (Å²) in [5, 5.41) is 3.88. The van der Waals surface area contributed by atoms with Gasteiger partial charge in [0.25, 0.3) is 0 Å². The molecule has 0 amide bonds. The van der Waals surface area contributed by atoms with Gasteiger partial charge in [-0.3, -0.25) is 4.99 Å². The molecule has 5 heteroatoms. The number of thioether (sulfide) groups is 1. The number of anilines is 1. The maximum absolute atomic E-state index is 13.6. The zero-order valence-corrected chi connectivity index (χ0v) is 11.9. The van der Waals surface area contributed by atoms with Crippen molar-refractivity contribution in [2.24, 2.45) is 4.99 Å². The number of aliphatic imine (C=N–C) groups is 1. The van der Waals surface area contributed by atoms with Crippen LogP contribution in [0.15, 0.2) is 27.7 Å². The molecule has 0 bridgehead atoms. The molecule has 2 rings (SSSR count). The van der Waals surface area contributed by atoms with Crippen molar-refractivity contribution in [3.05, 3.63) is 28.5 Å². The van der Waals surface area contributed by atoms with Gasteiger partial charge < -0.3 is 5.32 Å². The smallest absolute Gasteiger partial charge is 0.161 e. The fraction of sp³-hybridized carbons (Fsp3) is 0.417. The quantitative estimate of drug-likeness (QED) is 0.881. The first-order valence-corrected chi connectivity index (χ1v) is 7.39. The summed E-state index contributed by atoms with van der Waals surface area (Å²) in [4.78, 5) is 4.55. The van der Waals surface area contributed by atoms with Gasteiger partial charge in [0.2, 0.25) is 0 Å². The monoisotopic (exact) mass is 316 g/mol. The van der Waals surface area contributed by atoms with Gasteiger partial charge in [-0.2, -0.15) is 0 Å². The van der Waals surface area contributed by atoms with Gasteiger partial charge in [-0.15, -0.1) is 0 Å². The lowest BCUT2D eigenvalue weighted by Gasteiger charge is -2.19. The molecular weight excluding hydrogens is 303 g/mol. The molecule has 0 aromatic heterocycles. The van der Waals surface area contributed by atoms with Crippen molar-refractivity contribution in [3.8, 4) is 0 Å². The van der Waals surface area contributed by atoms with E-state index in [1.54, 1.807) is 17.8 Å². The largest absolute Gasteiger partial charge is 0.333 e. The minimum Gasteiger partial charge on any atom is -0.333 e. The van der Waals surface area contributed by atoms with Crippen LogP contribution in [0.2, 0.25) is 0 Å². The Bertz CT molecular complexity index is 437. The Balaban J connectivity index is 2.12. The van der Waals surface area contributed by atoms with Crippen molar-refractivity contribution in [1.82, 2.24) is 0 Å². The van der Waals surface area contributed by atoms with E-state index in [4.69, 9.17) is 0 Å². The molecule has 1 aliphatic rings. The summed E-state index contributed by atoms with van der Waals surface area (Å²) < 4.78 is 14.4. The van der Waals surface area contributed by atoms with E-state index in [1.165, 1.54) is 6.07 Å². The van der Waals surface area contributed by atoms with Gasteiger partial charge in [0.15, 0.2) is 5.17 Å². The van der Waals surface area contributed by atoms with Crippen LogP contribution in [0.25, 0.3) is 0 Å². The number of amidine groups is 1. The molecule has 1 aromatic carbocycles. The molecule has 0 spiro atoms. The third kappa shape index (κ3) is 3.45. The van der Waals surface area contributed by atoms with E-state index in [9.17, 15) is 4.39 Å². The van der Waals surface area contributed by atoms with E-state index in [2.05, 4.69) is 33.2 Å². The van der Waals surface area contributed by atoms with Crippen LogP contribution in [-0.4, -0.2) is 17.0 Å². The second-order valence-electron chi connectivity index (χ2n) is 3.88. The van der Waals surface area contributed by atoms with Crippen LogP contribution in [0.1, 0.15) is 19.8 Å². The standard InChI is InChI=1S/C12H14BrFN2S/c1-2-9-5-6-17-12(15-9)16-11-4-3-8(13)7-10(11)14/h3-4,7,9H,2,5-6H2,1H3,(H,15,16). The van der Waals surface area contributed by atoms with Gasteiger partial charge in [-0.05, 0) is 31.0 Å². The lowest BCUT2D eigenvalue weighted by atomic mass is 10.2. The van der Waals surface area contributed by atoms with Crippen LogP contribution < -0.4 is 5.32 Å². The van der Waals surface area contributed by atoms with Gasteiger partial charge in [0.05, 0.1) is 11.7 Å². The summed E-state index contributed by atoms with van der Waals surface area (Å²) >= 11 is 4.89. The molecule has 0 saturated carbocycles. The first-order valence-electron chi connectivity index (χ1n) is 5.61. The number of hydrogen-bond acceptors (Lipinski definition) is 3. The molecule has 92 valence electrons. The topological polar surface area (TPSA) is 24.4 Å². The maximum Gasteiger partial charge on any atom is 0.161 e. The van der Waals surface area contributed by atoms with Crippen LogP contribution in [0.4, 0.5) is 10.1 Å². The highest BCUT2D eigenvalue weighted by Crippen LogP contribution is 2.24. The number of rotatable bonds is 2. The average Bonchev–Trinajstić information content (AvgIpc) is 2.33. The normalized spacial score (nSPS) is 19.9. The first kappa shape index (κ1) is 12.9. The second kappa shape index (κ2) is 5.87. The van der Waals surface area contributed by atoms with Gasteiger partial charge in [0, 0.05) is 10.2 Å². The van der Waals surface area contributed by atoms with E-state index in [1.807, 2.05) is 6.07 Å². The molecule has 0 fully saturated rings. The highest BCUT2D eigenvalue weighted by molar-refractivity contribution is 9.10. The average molecular weight is 317 g/mol. The SMILES string of the molecule is CCC1CCSC(Nc2ccc(Br)cc2F)=N1. The summed E-state index contributed by atoms with van der Waals surface area (Å²) in [6.45, 7) is 2.13. The van der Waals surface area contributed by atoms with E-state index >= 15 is 0 Å². The summed E-state index contributed by atoms with van der Waals surface area (Å²) in [5.74, 6) is 0.781. The highest BCUT2D eigenvalue weighted by Gasteiger charge is 2.15. The van der Waals surface area contributed by atoms with Crippen LogP contribution in [0.5, 0.6) is 0 Å². The van der Waals surface area contributed by atoms with E-state index < -0.39 is 0 Å². The van der Waals surface area contributed by atoms with Gasteiger partial charge in [0.1, 0.15) is 5.82 Å². The summed E-state index contributed by atoms with van der Waals surface area (Å²) in [6.07, 6.45) is 2.14. The number of halogens is 2. The minimum absolute atomic E-state index is 0.263. The Morgan fingerprint density at radius 3 is 3.12 bits per heavy atom. The summed E-state index contributed by atoms with van der Waals surface area (Å²) in [7, 11) is 0. The predicted octanol–water partition coefficient (Wildman–Crippen LogP) is 4.27. The molecule has 1 heterocycles. The van der Waals surface area contributed by atoms with Crippen molar-refractivity contribution >= 4 is 38.5 Å². The molecule has 1 aliphatic heterocycles. The predicted molar refractivity (Wildman–Crippen MR) is 76.3 cm³/mol. The fourth-order valence-corrected chi connectivity index (χ4v) is 2.95. The molecule has 1 aromatic rings. The third-order valence-corrected chi connectivity index (χ3v) is 4.05. The molecule has 0 aliphatic carbocycles. The minimum atomic E-state index is -0.263. The molecule has 2 nitrogen and oxygen atoms in total. The van der Waals surface area contributed by atoms with Crippen LogP contribution >= 0.6 is 27.7 Å². The Hall–Kier alpha value is -0.550.